The van der Waals surface area contributed by atoms with Crippen molar-refractivity contribution < 1.29 is 4.39 Å². The van der Waals surface area contributed by atoms with Crippen LogP contribution >= 0.6 is 23.1 Å². The van der Waals surface area contributed by atoms with E-state index < -0.39 is 0 Å². The number of halogens is 1. The van der Waals surface area contributed by atoms with E-state index in [-0.39, 0.29) is 5.82 Å². The van der Waals surface area contributed by atoms with E-state index in [9.17, 15) is 4.39 Å². The molecular formula is C9H8FN3S2. The Morgan fingerprint density at radius 1 is 1.40 bits per heavy atom. The van der Waals surface area contributed by atoms with Gasteiger partial charge < -0.3 is 5.73 Å². The molecule has 0 spiro atoms. The van der Waals surface area contributed by atoms with E-state index in [0.29, 0.717) is 11.4 Å². The highest BCUT2D eigenvalue weighted by Crippen LogP contribution is 2.24. The predicted molar refractivity (Wildman–Crippen MR) is 60.3 cm³/mol. The lowest BCUT2D eigenvalue weighted by Crippen LogP contribution is -1.90. The largest absolute Gasteiger partial charge is 0.399 e. The van der Waals surface area contributed by atoms with Crippen LogP contribution in [0, 0.1) is 5.82 Å². The van der Waals surface area contributed by atoms with Crippen LogP contribution in [0.1, 0.15) is 5.56 Å². The summed E-state index contributed by atoms with van der Waals surface area (Å²) >= 11 is 2.99. The molecule has 0 atom stereocenters. The molecule has 2 aromatic rings. The normalized spacial score (nSPS) is 10.5. The zero-order valence-electron chi connectivity index (χ0n) is 7.68. The molecule has 6 heteroatoms. The van der Waals surface area contributed by atoms with E-state index >= 15 is 0 Å². The molecule has 0 bridgehead atoms. The molecule has 1 heterocycles. The second-order valence-electron chi connectivity index (χ2n) is 2.89. The Hall–Kier alpha value is -1.14. The van der Waals surface area contributed by atoms with Crippen LogP contribution in [0.4, 0.5) is 10.1 Å². The standard InChI is InChI=1S/C9H8FN3S2/c10-7-1-6(2-8(11)3-7)4-14-9-13-12-5-15-9/h1-3,5H,4,11H2. The Morgan fingerprint density at radius 2 is 2.27 bits per heavy atom. The van der Waals surface area contributed by atoms with Crippen LogP contribution in [0.3, 0.4) is 0 Å². The Bertz CT molecular complexity index is 424. The topological polar surface area (TPSA) is 51.8 Å². The minimum atomic E-state index is -0.303. The molecule has 0 saturated heterocycles. The lowest BCUT2D eigenvalue weighted by atomic mass is 10.2. The fourth-order valence-corrected chi connectivity index (χ4v) is 2.55. The first-order valence-electron chi connectivity index (χ1n) is 4.18. The molecule has 2 rings (SSSR count). The smallest absolute Gasteiger partial charge is 0.174 e. The molecule has 1 aromatic carbocycles. The van der Waals surface area contributed by atoms with Crippen LogP contribution < -0.4 is 5.73 Å². The average Bonchev–Trinajstić information content (AvgIpc) is 2.65. The molecule has 78 valence electrons. The van der Waals surface area contributed by atoms with E-state index in [0.717, 1.165) is 9.90 Å². The number of nitrogens with two attached hydrogens (primary N) is 1. The van der Waals surface area contributed by atoms with Crippen molar-refractivity contribution in [2.75, 3.05) is 5.73 Å². The van der Waals surface area contributed by atoms with Gasteiger partial charge >= 0.3 is 0 Å². The van der Waals surface area contributed by atoms with E-state index in [1.807, 2.05) is 0 Å². The number of benzene rings is 1. The van der Waals surface area contributed by atoms with Crippen LogP contribution in [-0.2, 0) is 5.75 Å². The minimum Gasteiger partial charge on any atom is -0.399 e. The van der Waals surface area contributed by atoms with Gasteiger partial charge in [-0.1, -0.05) is 23.1 Å². The molecule has 15 heavy (non-hydrogen) atoms. The third-order valence-corrected chi connectivity index (χ3v) is 3.61. The van der Waals surface area contributed by atoms with Crippen molar-refractivity contribution in [3.63, 3.8) is 0 Å². The summed E-state index contributed by atoms with van der Waals surface area (Å²) in [6.07, 6.45) is 0. The number of nitrogens with zero attached hydrogens (tertiary/aromatic N) is 2. The monoisotopic (exact) mass is 241 g/mol. The molecule has 0 amide bonds. The van der Waals surface area contributed by atoms with Crippen molar-refractivity contribution in [3.8, 4) is 0 Å². The number of rotatable bonds is 3. The van der Waals surface area contributed by atoms with Crippen LogP contribution in [0.15, 0.2) is 28.0 Å². The summed E-state index contributed by atoms with van der Waals surface area (Å²) in [6.45, 7) is 0. The van der Waals surface area contributed by atoms with Crippen LogP contribution in [0.2, 0.25) is 0 Å². The first-order valence-corrected chi connectivity index (χ1v) is 6.04. The second kappa shape index (κ2) is 4.59. The van der Waals surface area contributed by atoms with Crippen LogP contribution in [0.25, 0.3) is 0 Å². The molecule has 0 aliphatic heterocycles. The van der Waals surface area contributed by atoms with Crippen molar-refractivity contribution in [2.24, 2.45) is 0 Å². The first kappa shape index (κ1) is 10.4. The second-order valence-corrected chi connectivity index (χ2v) is 4.94. The van der Waals surface area contributed by atoms with Gasteiger partial charge in [-0.3, -0.25) is 0 Å². The summed E-state index contributed by atoms with van der Waals surface area (Å²) in [7, 11) is 0. The van der Waals surface area contributed by atoms with Crippen LogP contribution in [0.5, 0.6) is 0 Å². The third kappa shape index (κ3) is 2.90. The summed E-state index contributed by atoms with van der Waals surface area (Å²) in [5.41, 5.74) is 8.50. The lowest BCUT2D eigenvalue weighted by molar-refractivity contribution is 0.627. The lowest BCUT2D eigenvalue weighted by Gasteiger charge is -2.01. The van der Waals surface area contributed by atoms with Gasteiger partial charge in [0.2, 0.25) is 0 Å². The van der Waals surface area contributed by atoms with Crippen molar-refractivity contribution >= 4 is 28.8 Å². The average molecular weight is 241 g/mol. The molecule has 2 N–H and O–H groups in total. The van der Waals surface area contributed by atoms with E-state index in [2.05, 4.69) is 10.2 Å². The molecule has 0 aliphatic rings. The SMILES string of the molecule is Nc1cc(F)cc(CSc2nncs2)c1. The Labute approximate surface area is 94.5 Å². The molecular weight excluding hydrogens is 233 g/mol. The molecule has 1 aromatic heterocycles. The van der Waals surface area contributed by atoms with Crippen molar-refractivity contribution in [1.29, 1.82) is 0 Å². The quantitative estimate of drug-likeness (QED) is 0.662. The van der Waals surface area contributed by atoms with Crippen molar-refractivity contribution in [1.82, 2.24) is 10.2 Å². The van der Waals surface area contributed by atoms with Gasteiger partial charge in [0.1, 0.15) is 11.3 Å². The maximum atomic E-state index is 13.0. The van der Waals surface area contributed by atoms with Crippen molar-refractivity contribution in [2.45, 2.75) is 10.1 Å². The highest BCUT2D eigenvalue weighted by molar-refractivity contribution is 8.00. The number of hydrogen-bond acceptors (Lipinski definition) is 5. The highest BCUT2D eigenvalue weighted by atomic mass is 32.2. The first-order chi connectivity index (χ1) is 7.24. The van der Waals surface area contributed by atoms with E-state index in [1.54, 1.807) is 11.6 Å². The summed E-state index contributed by atoms with van der Waals surface area (Å²) in [6, 6.07) is 4.54. The van der Waals surface area contributed by atoms with E-state index in [1.165, 1.54) is 35.2 Å². The highest BCUT2D eigenvalue weighted by Gasteiger charge is 2.02. The third-order valence-electron chi connectivity index (χ3n) is 1.68. The van der Waals surface area contributed by atoms with Gasteiger partial charge in [-0.2, -0.15) is 0 Å². The summed E-state index contributed by atoms with van der Waals surface area (Å²) in [4.78, 5) is 0. The zero-order chi connectivity index (χ0) is 10.7. The van der Waals surface area contributed by atoms with Gasteiger partial charge in [-0.25, -0.2) is 4.39 Å². The predicted octanol–water partition coefficient (Wildman–Crippen LogP) is 2.55. The molecule has 0 saturated carbocycles. The van der Waals surface area contributed by atoms with Gasteiger partial charge in [0.25, 0.3) is 0 Å². The van der Waals surface area contributed by atoms with Gasteiger partial charge in [-0.05, 0) is 23.8 Å². The van der Waals surface area contributed by atoms with Gasteiger partial charge in [0, 0.05) is 11.4 Å². The number of thioether (sulfide) groups is 1. The zero-order valence-corrected chi connectivity index (χ0v) is 9.32. The summed E-state index contributed by atoms with van der Waals surface area (Å²) in [5, 5.41) is 7.60. The van der Waals surface area contributed by atoms with Gasteiger partial charge in [0.15, 0.2) is 4.34 Å². The number of aromatic nitrogens is 2. The van der Waals surface area contributed by atoms with Gasteiger partial charge in [-0.15, -0.1) is 10.2 Å². The maximum Gasteiger partial charge on any atom is 0.174 e. The van der Waals surface area contributed by atoms with Gasteiger partial charge in [0.05, 0.1) is 0 Å². The molecule has 0 aliphatic carbocycles. The molecule has 0 fully saturated rings. The van der Waals surface area contributed by atoms with Crippen LogP contribution in [-0.4, -0.2) is 10.2 Å². The Kier molecular flexibility index (Phi) is 3.17. The van der Waals surface area contributed by atoms with Crippen molar-refractivity contribution in [3.05, 3.63) is 35.1 Å². The maximum absolute atomic E-state index is 13.0. The Morgan fingerprint density at radius 3 is 2.93 bits per heavy atom. The number of anilines is 1. The molecule has 3 nitrogen and oxygen atoms in total. The number of hydrogen-bond donors (Lipinski definition) is 1. The summed E-state index contributed by atoms with van der Waals surface area (Å²) < 4.78 is 13.9. The molecule has 0 unspecified atom stereocenters. The summed E-state index contributed by atoms with van der Waals surface area (Å²) in [5.74, 6) is 0.347. The minimum absolute atomic E-state index is 0.303. The van der Waals surface area contributed by atoms with E-state index in [4.69, 9.17) is 5.73 Å². The fourth-order valence-electron chi connectivity index (χ4n) is 1.13. The fraction of sp³-hybridized carbons (Fsp3) is 0.111. The molecule has 0 radical (unpaired) electrons. The number of nitrogen functional groups attached to an aromatic ring is 1. The Balaban J connectivity index is 2.05.